The van der Waals surface area contributed by atoms with Crippen LogP contribution in [0.25, 0.3) is 11.0 Å². The Morgan fingerprint density at radius 3 is 3.00 bits per heavy atom. The molecule has 6 nitrogen and oxygen atoms in total. The van der Waals surface area contributed by atoms with Crippen LogP contribution in [-0.4, -0.2) is 33.1 Å². The molecule has 0 bridgehead atoms. The van der Waals surface area contributed by atoms with E-state index >= 15 is 0 Å². The van der Waals surface area contributed by atoms with E-state index in [1.165, 1.54) is 0 Å². The first-order valence-corrected chi connectivity index (χ1v) is 7.14. The topological polar surface area (TPSA) is 84.2 Å². The van der Waals surface area contributed by atoms with Crippen LogP contribution in [0.5, 0.6) is 0 Å². The quantitative estimate of drug-likeness (QED) is 0.900. The van der Waals surface area contributed by atoms with Gasteiger partial charge in [0, 0.05) is 13.0 Å². The van der Waals surface area contributed by atoms with Crippen LogP contribution in [0.3, 0.4) is 0 Å². The molecule has 21 heavy (non-hydrogen) atoms. The van der Waals surface area contributed by atoms with Gasteiger partial charge in [0.15, 0.2) is 0 Å². The van der Waals surface area contributed by atoms with Crippen molar-refractivity contribution in [1.82, 2.24) is 14.9 Å². The first kappa shape index (κ1) is 13.6. The molecule has 1 aliphatic heterocycles. The highest BCUT2D eigenvalue weighted by molar-refractivity contribution is 6.01. The first-order chi connectivity index (χ1) is 10.1. The zero-order chi connectivity index (χ0) is 15.0. The van der Waals surface area contributed by atoms with Crippen molar-refractivity contribution in [3.63, 3.8) is 0 Å². The lowest BCUT2D eigenvalue weighted by atomic mass is 10.1. The lowest BCUT2D eigenvalue weighted by Gasteiger charge is -2.25. The van der Waals surface area contributed by atoms with Gasteiger partial charge >= 0.3 is 5.97 Å². The van der Waals surface area contributed by atoms with Gasteiger partial charge in [-0.15, -0.1) is 0 Å². The summed E-state index contributed by atoms with van der Waals surface area (Å²) in [5, 5.41) is 12.2. The van der Waals surface area contributed by atoms with Gasteiger partial charge in [0.05, 0.1) is 11.1 Å². The lowest BCUT2D eigenvalue weighted by Crippen LogP contribution is -2.38. The Morgan fingerprint density at radius 2 is 2.33 bits per heavy atom. The fraction of sp³-hybridized carbons (Fsp3) is 0.400. The number of amides is 1. The number of imidazole rings is 1. The van der Waals surface area contributed by atoms with E-state index in [1.807, 2.05) is 17.6 Å². The monoisotopic (exact) mass is 287 g/mol. The summed E-state index contributed by atoms with van der Waals surface area (Å²) in [5.74, 6) is -0.266. The van der Waals surface area contributed by atoms with Crippen molar-refractivity contribution >= 4 is 22.9 Å². The molecule has 2 heterocycles. The summed E-state index contributed by atoms with van der Waals surface area (Å²) >= 11 is 0. The summed E-state index contributed by atoms with van der Waals surface area (Å²) in [4.78, 5) is 27.9. The molecule has 0 saturated carbocycles. The predicted octanol–water partition coefficient (Wildman–Crippen LogP) is 1.75. The molecule has 0 aliphatic carbocycles. The molecule has 2 aromatic rings. The third kappa shape index (κ3) is 2.16. The van der Waals surface area contributed by atoms with Gasteiger partial charge in [-0.05, 0) is 25.0 Å². The molecule has 0 radical (unpaired) electrons. The zero-order valence-electron chi connectivity index (χ0n) is 11.8. The third-order valence-electron chi connectivity index (χ3n) is 3.91. The minimum absolute atomic E-state index is 0.0176. The lowest BCUT2D eigenvalue weighted by molar-refractivity contribution is -0.125. The number of carbonyl (C=O) groups excluding carboxylic acids is 1. The number of aromatic nitrogens is 2. The molecule has 1 saturated heterocycles. The predicted molar refractivity (Wildman–Crippen MR) is 77.4 cm³/mol. The standard InChI is InChI=1S/C15H17N3O3/c1-2-12-17-13-9(15(20)21)5-3-6-10(13)18(12)11-7-4-8-16-14(11)19/h3,5-6,11H,2,4,7-8H2,1H3,(H,16,19)(H,20,21). The van der Waals surface area contributed by atoms with E-state index in [0.717, 1.165) is 18.7 Å². The number of hydrogen-bond acceptors (Lipinski definition) is 3. The molecule has 1 amide bonds. The highest BCUT2D eigenvalue weighted by Crippen LogP contribution is 2.28. The Bertz CT molecular complexity index is 720. The largest absolute Gasteiger partial charge is 0.478 e. The van der Waals surface area contributed by atoms with Crippen molar-refractivity contribution in [3.8, 4) is 0 Å². The molecule has 1 aliphatic rings. The van der Waals surface area contributed by atoms with Gasteiger partial charge in [0.1, 0.15) is 17.4 Å². The number of para-hydroxylation sites is 1. The maximum atomic E-state index is 12.1. The van der Waals surface area contributed by atoms with Crippen LogP contribution in [0.15, 0.2) is 18.2 Å². The Morgan fingerprint density at radius 1 is 1.52 bits per heavy atom. The van der Waals surface area contributed by atoms with Gasteiger partial charge in [-0.2, -0.15) is 0 Å². The maximum Gasteiger partial charge on any atom is 0.337 e. The fourth-order valence-corrected chi connectivity index (χ4v) is 2.94. The molecule has 1 atom stereocenters. The number of carbonyl (C=O) groups is 2. The van der Waals surface area contributed by atoms with Crippen molar-refractivity contribution < 1.29 is 14.7 Å². The Labute approximate surface area is 121 Å². The minimum atomic E-state index is -0.999. The molecule has 110 valence electrons. The van der Waals surface area contributed by atoms with Gasteiger partial charge in [-0.3, -0.25) is 4.79 Å². The molecule has 6 heteroatoms. The summed E-state index contributed by atoms with van der Waals surface area (Å²) in [5.41, 5.74) is 1.35. The summed E-state index contributed by atoms with van der Waals surface area (Å²) in [6.45, 7) is 2.66. The van der Waals surface area contributed by atoms with Crippen molar-refractivity contribution in [2.24, 2.45) is 0 Å². The van der Waals surface area contributed by atoms with Crippen molar-refractivity contribution in [1.29, 1.82) is 0 Å². The number of rotatable bonds is 3. The van der Waals surface area contributed by atoms with Gasteiger partial charge in [-0.25, -0.2) is 9.78 Å². The van der Waals surface area contributed by atoms with Gasteiger partial charge < -0.3 is 15.0 Å². The summed E-state index contributed by atoms with van der Waals surface area (Å²) < 4.78 is 1.90. The second-order valence-corrected chi connectivity index (χ2v) is 5.18. The van der Waals surface area contributed by atoms with E-state index in [-0.39, 0.29) is 17.5 Å². The smallest absolute Gasteiger partial charge is 0.337 e. The molecule has 2 N–H and O–H groups in total. The van der Waals surface area contributed by atoms with Crippen LogP contribution in [0.2, 0.25) is 0 Å². The van der Waals surface area contributed by atoms with E-state index in [2.05, 4.69) is 10.3 Å². The zero-order valence-corrected chi connectivity index (χ0v) is 11.8. The fourth-order valence-electron chi connectivity index (χ4n) is 2.94. The number of aromatic carboxylic acids is 1. The first-order valence-electron chi connectivity index (χ1n) is 7.14. The van der Waals surface area contributed by atoms with Crippen molar-refractivity contribution in [2.75, 3.05) is 6.54 Å². The average Bonchev–Trinajstić information content (AvgIpc) is 2.85. The van der Waals surface area contributed by atoms with Crippen molar-refractivity contribution in [2.45, 2.75) is 32.2 Å². The average molecular weight is 287 g/mol. The second kappa shape index (κ2) is 5.20. The molecular formula is C15H17N3O3. The summed E-state index contributed by atoms with van der Waals surface area (Å²) in [6.07, 6.45) is 2.32. The molecule has 1 fully saturated rings. The molecule has 3 rings (SSSR count). The number of benzene rings is 1. The van der Waals surface area contributed by atoms with Gasteiger partial charge in [-0.1, -0.05) is 13.0 Å². The molecule has 1 aromatic carbocycles. The number of piperidine rings is 1. The highest BCUT2D eigenvalue weighted by atomic mass is 16.4. The van der Waals surface area contributed by atoms with E-state index in [4.69, 9.17) is 0 Å². The number of aryl methyl sites for hydroxylation is 1. The Balaban J connectivity index is 2.23. The Hall–Kier alpha value is -2.37. The maximum absolute atomic E-state index is 12.1. The number of carboxylic acids is 1. The highest BCUT2D eigenvalue weighted by Gasteiger charge is 2.28. The third-order valence-corrected chi connectivity index (χ3v) is 3.91. The van der Waals surface area contributed by atoms with Crippen LogP contribution < -0.4 is 5.32 Å². The van der Waals surface area contributed by atoms with Crippen LogP contribution in [-0.2, 0) is 11.2 Å². The summed E-state index contributed by atoms with van der Waals surface area (Å²) in [7, 11) is 0. The van der Waals surface area contributed by atoms with Crippen LogP contribution >= 0.6 is 0 Å². The van der Waals surface area contributed by atoms with Gasteiger partial charge in [0.25, 0.3) is 0 Å². The van der Waals surface area contributed by atoms with E-state index in [9.17, 15) is 14.7 Å². The number of hydrogen-bond donors (Lipinski definition) is 2. The Kier molecular flexibility index (Phi) is 3.37. The SMILES string of the molecule is CCc1nc2c(C(=O)O)cccc2n1C1CCCNC1=O. The van der Waals surface area contributed by atoms with E-state index in [0.29, 0.717) is 24.0 Å². The summed E-state index contributed by atoms with van der Waals surface area (Å²) in [6, 6.07) is 4.77. The second-order valence-electron chi connectivity index (χ2n) is 5.18. The van der Waals surface area contributed by atoms with Crippen LogP contribution in [0.4, 0.5) is 0 Å². The van der Waals surface area contributed by atoms with E-state index in [1.54, 1.807) is 12.1 Å². The number of nitrogens with zero attached hydrogens (tertiary/aromatic N) is 2. The van der Waals surface area contributed by atoms with Crippen molar-refractivity contribution in [3.05, 3.63) is 29.6 Å². The number of carboxylic acid groups (broad SMARTS) is 1. The molecule has 0 spiro atoms. The van der Waals surface area contributed by atoms with Gasteiger partial charge in [0.2, 0.25) is 5.91 Å². The van der Waals surface area contributed by atoms with E-state index < -0.39 is 5.97 Å². The minimum Gasteiger partial charge on any atom is -0.478 e. The van der Waals surface area contributed by atoms with Crippen LogP contribution in [0, 0.1) is 0 Å². The molecular weight excluding hydrogens is 270 g/mol. The van der Waals surface area contributed by atoms with Crippen LogP contribution in [0.1, 0.15) is 42.0 Å². The number of nitrogens with one attached hydrogen (secondary N) is 1. The number of fused-ring (bicyclic) bond motifs is 1. The molecule has 1 unspecified atom stereocenters. The molecule has 1 aromatic heterocycles. The normalized spacial score (nSPS) is 18.7.